The van der Waals surface area contributed by atoms with Crippen LogP contribution in [-0.4, -0.2) is 51.1 Å². The molecule has 1 aliphatic rings. The molecule has 0 atom stereocenters. The van der Waals surface area contributed by atoms with Gasteiger partial charge in [-0.2, -0.15) is 0 Å². The van der Waals surface area contributed by atoms with Gasteiger partial charge in [-0.3, -0.25) is 4.79 Å². The molecule has 0 unspecified atom stereocenters. The molecule has 2 aromatic rings. The van der Waals surface area contributed by atoms with Crippen LogP contribution in [0.1, 0.15) is 28.8 Å². The lowest BCUT2D eigenvalue weighted by molar-refractivity contribution is 0.0854. The van der Waals surface area contributed by atoms with Crippen LogP contribution >= 0.6 is 0 Å². The normalized spacial score (nSPS) is 14.2. The van der Waals surface area contributed by atoms with Crippen LogP contribution in [0.15, 0.2) is 42.5 Å². The second-order valence-electron chi connectivity index (χ2n) is 7.18. The van der Waals surface area contributed by atoms with Crippen molar-refractivity contribution in [1.29, 1.82) is 0 Å². The highest BCUT2D eigenvalue weighted by molar-refractivity contribution is 5.98. The number of likely N-dealkylation sites (tertiary alicyclic amines) is 1. The number of amides is 2. The Morgan fingerprint density at radius 2 is 1.57 bits per heavy atom. The van der Waals surface area contributed by atoms with Crippen molar-refractivity contribution in [1.82, 2.24) is 10.2 Å². The summed E-state index contributed by atoms with van der Waals surface area (Å²) in [5.74, 6) is 1.72. The van der Waals surface area contributed by atoms with Crippen molar-refractivity contribution in [3.8, 4) is 17.2 Å². The number of benzene rings is 2. The quantitative estimate of drug-likeness (QED) is 0.704. The molecule has 2 aromatic carbocycles. The van der Waals surface area contributed by atoms with Crippen molar-refractivity contribution in [2.75, 3.05) is 34.4 Å². The van der Waals surface area contributed by atoms with E-state index in [0.29, 0.717) is 49.7 Å². The fraction of sp³-hybridized carbons (Fsp3) is 0.391. The van der Waals surface area contributed by atoms with Gasteiger partial charge < -0.3 is 24.4 Å². The molecule has 0 bridgehead atoms. The summed E-state index contributed by atoms with van der Waals surface area (Å²) in [7, 11) is 4.66. The first kappa shape index (κ1) is 21.5. The molecular formula is C23H28N2O5. The van der Waals surface area contributed by atoms with E-state index in [0.717, 1.165) is 11.1 Å². The minimum absolute atomic E-state index is 0.0356. The van der Waals surface area contributed by atoms with Crippen LogP contribution in [-0.2, 0) is 6.54 Å². The van der Waals surface area contributed by atoms with Gasteiger partial charge in [0.15, 0.2) is 17.3 Å². The van der Waals surface area contributed by atoms with E-state index in [4.69, 9.17) is 14.2 Å². The summed E-state index contributed by atoms with van der Waals surface area (Å²) in [4.78, 5) is 27.0. The molecule has 2 amide bonds. The van der Waals surface area contributed by atoms with Crippen LogP contribution in [0.4, 0.5) is 4.79 Å². The second-order valence-corrected chi connectivity index (χ2v) is 7.18. The predicted octanol–water partition coefficient (Wildman–Crippen LogP) is 3.52. The number of urea groups is 1. The summed E-state index contributed by atoms with van der Waals surface area (Å²) in [6.07, 6.45) is 1.34. The number of ketones is 1. The number of piperidine rings is 1. The Bertz CT molecular complexity index is 851. The van der Waals surface area contributed by atoms with Crippen LogP contribution in [0.5, 0.6) is 17.2 Å². The number of nitrogens with zero attached hydrogens (tertiary/aromatic N) is 1. The SMILES string of the molecule is COc1cc(CNC(=O)N2CCC(C(=O)c3ccccc3)CC2)cc(OC)c1OC. The molecule has 0 spiro atoms. The number of nitrogens with one attached hydrogen (secondary N) is 1. The van der Waals surface area contributed by atoms with E-state index >= 15 is 0 Å². The minimum atomic E-state index is -0.144. The van der Waals surface area contributed by atoms with Gasteiger partial charge in [0.05, 0.1) is 21.3 Å². The molecule has 1 fully saturated rings. The summed E-state index contributed by atoms with van der Waals surface area (Å²) in [5, 5.41) is 2.93. The molecule has 1 saturated heterocycles. The van der Waals surface area contributed by atoms with E-state index in [2.05, 4.69) is 5.32 Å². The topological polar surface area (TPSA) is 77.1 Å². The molecule has 0 radical (unpaired) electrons. The third kappa shape index (κ3) is 4.84. The number of carbonyl (C=O) groups excluding carboxylic acids is 2. The molecule has 7 heteroatoms. The van der Waals surface area contributed by atoms with E-state index < -0.39 is 0 Å². The van der Waals surface area contributed by atoms with Gasteiger partial charge in [-0.15, -0.1) is 0 Å². The van der Waals surface area contributed by atoms with Crippen molar-refractivity contribution in [2.24, 2.45) is 5.92 Å². The maximum atomic E-state index is 12.6. The van der Waals surface area contributed by atoms with Gasteiger partial charge in [0.1, 0.15) is 0 Å². The Kier molecular flexibility index (Phi) is 7.17. The van der Waals surface area contributed by atoms with Crippen LogP contribution in [0, 0.1) is 5.92 Å². The third-order valence-corrected chi connectivity index (χ3v) is 5.38. The van der Waals surface area contributed by atoms with Crippen molar-refractivity contribution in [2.45, 2.75) is 19.4 Å². The van der Waals surface area contributed by atoms with E-state index in [-0.39, 0.29) is 17.7 Å². The Morgan fingerprint density at radius 3 is 2.10 bits per heavy atom. The third-order valence-electron chi connectivity index (χ3n) is 5.38. The summed E-state index contributed by atoms with van der Waals surface area (Å²) in [6, 6.07) is 12.8. The van der Waals surface area contributed by atoms with Crippen LogP contribution < -0.4 is 19.5 Å². The van der Waals surface area contributed by atoms with Crippen LogP contribution in [0.3, 0.4) is 0 Å². The molecule has 0 aromatic heterocycles. The number of rotatable bonds is 7. The van der Waals surface area contributed by atoms with Crippen molar-refractivity contribution in [3.05, 3.63) is 53.6 Å². The highest BCUT2D eigenvalue weighted by atomic mass is 16.5. The number of methoxy groups -OCH3 is 3. The first-order valence-corrected chi connectivity index (χ1v) is 9.98. The number of hydrogen-bond acceptors (Lipinski definition) is 5. The maximum Gasteiger partial charge on any atom is 0.317 e. The Morgan fingerprint density at radius 1 is 0.967 bits per heavy atom. The van der Waals surface area contributed by atoms with Gasteiger partial charge in [0.2, 0.25) is 5.75 Å². The lowest BCUT2D eigenvalue weighted by atomic mass is 9.89. The maximum absolute atomic E-state index is 12.6. The van der Waals surface area contributed by atoms with Gasteiger partial charge >= 0.3 is 6.03 Å². The lowest BCUT2D eigenvalue weighted by Gasteiger charge is -2.31. The molecule has 0 saturated carbocycles. The van der Waals surface area contributed by atoms with Gasteiger partial charge in [0.25, 0.3) is 0 Å². The summed E-state index contributed by atoms with van der Waals surface area (Å²) < 4.78 is 16.0. The summed E-state index contributed by atoms with van der Waals surface area (Å²) in [5.41, 5.74) is 1.58. The predicted molar refractivity (Wildman–Crippen MR) is 113 cm³/mol. The monoisotopic (exact) mass is 412 g/mol. The fourth-order valence-corrected chi connectivity index (χ4v) is 3.71. The number of Topliss-reactive ketones (excluding diaryl/α,β-unsaturated/α-hetero) is 1. The highest BCUT2D eigenvalue weighted by Gasteiger charge is 2.27. The Hall–Kier alpha value is -3.22. The molecule has 0 aliphatic carbocycles. The zero-order chi connectivity index (χ0) is 21.5. The standard InChI is InChI=1S/C23H28N2O5/c1-28-19-13-16(14-20(29-2)22(19)30-3)15-24-23(27)25-11-9-18(10-12-25)21(26)17-7-5-4-6-8-17/h4-8,13-14,18H,9-12,15H2,1-3H3,(H,24,27). The second kappa shape index (κ2) is 10.0. The zero-order valence-corrected chi connectivity index (χ0v) is 17.6. The largest absolute Gasteiger partial charge is 0.493 e. The van der Waals surface area contributed by atoms with Crippen LogP contribution in [0.2, 0.25) is 0 Å². The van der Waals surface area contributed by atoms with E-state index in [1.54, 1.807) is 26.2 Å². The van der Waals surface area contributed by atoms with Gasteiger partial charge in [-0.05, 0) is 30.5 Å². The zero-order valence-electron chi connectivity index (χ0n) is 17.6. The smallest absolute Gasteiger partial charge is 0.317 e. The van der Waals surface area contributed by atoms with Gasteiger partial charge in [0, 0.05) is 31.1 Å². The molecule has 1 aliphatic heterocycles. The molecule has 1 heterocycles. The van der Waals surface area contributed by atoms with Crippen molar-refractivity contribution >= 4 is 11.8 Å². The average molecular weight is 412 g/mol. The molecular weight excluding hydrogens is 384 g/mol. The van der Waals surface area contributed by atoms with Crippen LogP contribution in [0.25, 0.3) is 0 Å². The minimum Gasteiger partial charge on any atom is -0.493 e. The summed E-state index contributed by atoms with van der Waals surface area (Å²) in [6.45, 7) is 1.45. The molecule has 1 N–H and O–H groups in total. The highest BCUT2D eigenvalue weighted by Crippen LogP contribution is 2.38. The Labute approximate surface area is 176 Å². The van der Waals surface area contributed by atoms with Crippen molar-refractivity contribution < 1.29 is 23.8 Å². The van der Waals surface area contributed by atoms with E-state index in [1.807, 2.05) is 42.5 Å². The molecule has 3 rings (SSSR count). The molecule has 7 nitrogen and oxygen atoms in total. The van der Waals surface area contributed by atoms with E-state index in [9.17, 15) is 9.59 Å². The van der Waals surface area contributed by atoms with Gasteiger partial charge in [-0.25, -0.2) is 4.79 Å². The fourth-order valence-electron chi connectivity index (χ4n) is 3.71. The first-order valence-electron chi connectivity index (χ1n) is 9.98. The number of carbonyl (C=O) groups is 2. The summed E-state index contributed by atoms with van der Waals surface area (Å²) >= 11 is 0. The lowest BCUT2D eigenvalue weighted by Crippen LogP contribution is -2.45. The molecule has 160 valence electrons. The average Bonchev–Trinajstić information content (AvgIpc) is 2.81. The van der Waals surface area contributed by atoms with Gasteiger partial charge in [-0.1, -0.05) is 30.3 Å². The number of hydrogen-bond donors (Lipinski definition) is 1. The first-order chi connectivity index (χ1) is 14.6. The molecule has 30 heavy (non-hydrogen) atoms. The Balaban J connectivity index is 1.55. The van der Waals surface area contributed by atoms with E-state index in [1.165, 1.54) is 0 Å². The number of ether oxygens (including phenoxy) is 3. The van der Waals surface area contributed by atoms with Crippen molar-refractivity contribution in [3.63, 3.8) is 0 Å².